The number of ether oxygens (including phenoxy) is 1. The molecule has 2 heterocycles. The molecule has 0 aliphatic carbocycles. The van der Waals surface area contributed by atoms with Gasteiger partial charge in [0.05, 0.1) is 17.4 Å². The van der Waals surface area contributed by atoms with Crippen molar-refractivity contribution in [1.82, 2.24) is 14.8 Å². The molecule has 8 heteroatoms. The molecule has 0 fully saturated rings. The molecular formula is C23H21N5O2S. The second-order valence-electron chi connectivity index (χ2n) is 6.94. The first-order chi connectivity index (χ1) is 15.2. The number of nitrogens with zero attached hydrogens (tertiary/aromatic N) is 5. The minimum atomic E-state index is 0.0542. The van der Waals surface area contributed by atoms with Crippen LogP contribution in [0.1, 0.15) is 17.0 Å². The standard InChI is InChI=1S/C23H21N5O2S/c1-2-12-28-21(15-30-19-9-7-17(14-24)8-10-19)25-26-23(28)31-16-22(29)27-13-11-18-5-3-4-6-20(18)27/h2-10H,1,11-13,15-16H2. The second-order valence-corrected chi connectivity index (χ2v) is 7.88. The van der Waals surface area contributed by atoms with Gasteiger partial charge in [-0.05, 0) is 42.3 Å². The van der Waals surface area contributed by atoms with E-state index in [2.05, 4.69) is 28.9 Å². The highest BCUT2D eigenvalue weighted by Gasteiger charge is 2.24. The number of aromatic nitrogens is 3. The highest BCUT2D eigenvalue weighted by Crippen LogP contribution is 2.29. The van der Waals surface area contributed by atoms with Crippen LogP contribution >= 0.6 is 11.8 Å². The van der Waals surface area contributed by atoms with Gasteiger partial charge in [0.25, 0.3) is 0 Å². The summed E-state index contributed by atoms with van der Waals surface area (Å²) in [7, 11) is 0. The molecule has 0 atom stereocenters. The van der Waals surface area contributed by atoms with Crippen molar-refractivity contribution < 1.29 is 9.53 Å². The Labute approximate surface area is 185 Å². The number of anilines is 1. The molecule has 1 aromatic heterocycles. The third-order valence-corrected chi connectivity index (χ3v) is 5.92. The van der Waals surface area contributed by atoms with E-state index in [0.29, 0.717) is 35.4 Å². The molecule has 0 bridgehead atoms. The Balaban J connectivity index is 1.40. The molecule has 1 aliphatic heterocycles. The van der Waals surface area contributed by atoms with Gasteiger partial charge in [0, 0.05) is 18.8 Å². The number of hydrogen-bond donors (Lipinski definition) is 0. The molecule has 0 saturated carbocycles. The number of thioether (sulfide) groups is 1. The van der Waals surface area contributed by atoms with Gasteiger partial charge in [-0.15, -0.1) is 16.8 Å². The molecule has 7 nitrogen and oxygen atoms in total. The molecule has 1 aliphatic rings. The SMILES string of the molecule is C=CCn1c(COc2ccc(C#N)cc2)nnc1SCC(=O)N1CCc2ccccc21. The van der Waals surface area contributed by atoms with Crippen LogP contribution < -0.4 is 9.64 Å². The zero-order chi connectivity index (χ0) is 21.6. The molecule has 4 rings (SSSR count). The van der Waals surface area contributed by atoms with Crippen LogP contribution in [0.15, 0.2) is 66.3 Å². The van der Waals surface area contributed by atoms with Gasteiger partial charge >= 0.3 is 0 Å². The van der Waals surface area contributed by atoms with E-state index in [4.69, 9.17) is 10.00 Å². The summed E-state index contributed by atoms with van der Waals surface area (Å²) in [5, 5.41) is 18.0. The Bertz CT molecular complexity index is 1130. The monoisotopic (exact) mass is 431 g/mol. The highest BCUT2D eigenvalue weighted by molar-refractivity contribution is 7.99. The van der Waals surface area contributed by atoms with Crippen LogP contribution in [0.5, 0.6) is 5.75 Å². The molecule has 1 amide bonds. The lowest BCUT2D eigenvalue weighted by atomic mass is 10.2. The Morgan fingerprint density at radius 1 is 1.23 bits per heavy atom. The molecule has 31 heavy (non-hydrogen) atoms. The van der Waals surface area contributed by atoms with Crippen LogP contribution in [0, 0.1) is 11.3 Å². The molecule has 0 unspecified atom stereocenters. The lowest BCUT2D eigenvalue weighted by Gasteiger charge is -2.17. The summed E-state index contributed by atoms with van der Waals surface area (Å²) < 4.78 is 7.68. The van der Waals surface area contributed by atoms with E-state index in [1.54, 1.807) is 30.3 Å². The quantitative estimate of drug-likeness (QED) is 0.400. The fraction of sp³-hybridized carbons (Fsp3) is 0.217. The van der Waals surface area contributed by atoms with Crippen molar-refractivity contribution >= 4 is 23.4 Å². The molecule has 156 valence electrons. The molecule has 0 N–H and O–H groups in total. The summed E-state index contributed by atoms with van der Waals surface area (Å²) in [6.07, 6.45) is 2.65. The maximum atomic E-state index is 12.8. The number of fused-ring (bicyclic) bond motifs is 1. The number of allylic oxidation sites excluding steroid dienone is 1. The van der Waals surface area contributed by atoms with E-state index in [-0.39, 0.29) is 18.3 Å². The summed E-state index contributed by atoms with van der Waals surface area (Å²) in [6, 6.07) is 17.0. The Kier molecular flexibility index (Phi) is 6.34. The number of benzene rings is 2. The average molecular weight is 432 g/mol. The Morgan fingerprint density at radius 3 is 2.81 bits per heavy atom. The predicted octanol–water partition coefficient (Wildman–Crippen LogP) is 3.60. The van der Waals surface area contributed by atoms with Crippen LogP contribution in [0.2, 0.25) is 0 Å². The molecule has 2 aromatic carbocycles. The normalized spacial score (nSPS) is 12.3. The zero-order valence-corrected chi connectivity index (χ0v) is 17.7. The first-order valence-corrected chi connectivity index (χ1v) is 10.8. The minimum Gasteiger partial charge on any atom is -0.486 e. The summed E-state index contributed by atoms with van der Waals surface area (Å²) in [5.41, 5.74) is 2.78. The van der Waals surface area contributed by atoms with Gasteiger partial charge in [-0.2, -0.15) is 5.26 Å². The largest absolute Gasteiger partial charge is 0.486 e. The summed E-state index contributed by atoms with van der Waals surface area (Å²) >= 11 is 1.36. The second kappa shape index (κ2) is 9.49. The number of carbonyl (C=O) groups is 1. The van der Waals surface area contributed by atoms with Crippen LogP contribution in [0.25, 0.3) is 0 Å². The van der Waals surface area contributed by atoms with Crippen molar-refractivity contribution in [1.29, 1.82) is 5.26 Å². The fourth-order valence-corrected chi connectivity index (χ4v) is 4.26. The Morgan fingerprint density at radius 2 is 2.03 bits per heavy atom. The van der Waals surface area contributed by atoms with Gasteiger partial charge in [-0.3, -0.25) is 9.36 Å². The van der Waals surface area contributed by atoms with Gasteiger partial charge < -0.3 is 9.64 Å². The van der Waals surface area contributed by atoms with Crippen LogP contribution in [0.3, 0.4) is 0 Å². The fourth-order valence-electron chi connectivity index (χ4n) is 3.42. The zero-order valence-electron chi connectivity index (χ0n) is 16.9. The predicted molar refractivity (Wildman–Crippen MR) is 119 cm³/mol. The molecular weight excluding hydrogens is 410 g/mol. The van der Waals surface area contributed by atoms with E-state index < -0.39 is 0 Å². The lowest BCUT2D eigenvalue weighted by Crippen LogP contribution is -2.30. The number of para-hydroxylation sites is 1. The summed E-state index contributed by atoms with van der Waals surface area (Å²) in [4.78, 5) is 14.6. The van der Waals surface area contributed by atoms with Gasteiger partial charge in [0.2, 0.25) is 5.91 Å². The van der Waals surface area contributed by atoms with E-state index >= 15 is 0 Å². The van der Waals surface area contributed by atoms with Crippen LogP contribution in [-0.2, 0) is 24.4 Å². The van der Waals surface area contributed by atoms with E-state index in [1.165, 1.54) is 17.3 Å². The van der Waals surface area contributed by atoms with Crippen molar-refractivity contribution in [2.45, 2.75) is 24.7 Å². The van der Waals surface area contributed by atoms with Crippen molar-refractivity contribution in [3.05, 3.63) is 78.1 Å². The molecule has 0 spiro atoms. The third kappa shape index (κ3) is 4.62. The summed E-state index contributed by atoms with van der Waals surface area (Å²) in [6.45, 7) is 5.26. The lowest BCUT2D eigenvalue weighted by molar-refractivity contribution is -0.116. The number of nitriles is 1. The number of hydrogen-bond acceptors (Lipinski definition) is 6. The van der Waals surface area contributed by atoms with Crippen molar-refractivity contribution in [2.75, 3.05) is 17.2 Å². The van der Waals surface area contributed by atoms with Gasteiger partial charge in [0.1, 0.15) is 12.4 Å². The average Bonchev–Trinajstić information content (AvgIpc) is 3.41. The number of rotatable bonds is 8. The van der Waals surface area contributed by atoms with Crippen LogP contribution in [0.4, 0.5) is 5.69 Å². The minimum absolute atomic E-state index is 0.0542. The molecule has 3 aromatic rings. The first kappa shape index (κ1) is 20.7. The van der Waals surface area contributed by atoms with Gasteiger partial charge in [0.15, 0.2) is 11.0 Å². The first-order valence-electron chi connectivity index (χ1n) is 9.86. The molecule has 0 saturated heterocycles. The number of carbonyl (C=O) groups excluding carboxylic acids is 1. The van der Waals surface area contributed by atoms with Crippen molar-refractivity contribution in [2.24, 2.45) is 0 Å². The van der Waals surface area contributed by atoms with Crippen molar-refractivity contribution in [3.8, 4) is 11.8 Å². The Hall–Kier alpha value is -3.57. The van der Waals surface area contributed by atoms with E-state index in [9.17, 15) is 4.79 Å². The van der Waals surface area contributed by atoms with Crippen LogP contribution in [-0.4, -0.2) is 33.0 Å². The topological polar surface area (TPSA) is 84.0 Å². The van der Waals surface area contributed by atoms with Gasteiger partial charge in [-0.25, -0.2) is 0 Å². The summed E-state index contributed by atoms with van der Waals surface area (Å²) in [5.74, 6) is 1.62. The number of amides is 1. The van der Waals surface area contributed by atoms with E-state index in [0.717, 1.165) is 12.1 Å². The molecule has 0 radical (unpaired) electrons. The van der Waals surface area contributed by atoms with E-state index in [1.807, 2.05) is 27.7 Å². The van der Waals surface area contributed by atoms with Gasteiger partial charge in [-0.1, -0.05) is 36.0 Å². The maximum Gasteiger partial charge on any atom is 0.237 e. The highest BCUT2D eigenvalue weighted by atomic mass is 32.2. The van der Waals surface area contributed by atoms with Crippen molar-refractivity contribution in [3.63, 3.8) is 0 Å². The smallest absolute Gasteiger partial charge is 0.237 e. The maximum absolute atomic E-state index is 12.8. The third-order valence-electron chi connectivity index (χ3n) is 4.97.